The van der Waals surface area contributed by atoms with Gasteiger partial charge in [0, 0.05) is 39.4 Å². The van der Waals surface area contributed by atoms with Gasteiger partial charge in [-0.3, -0.25) is 4.98 Å². The number of aromatic nitrogens is 3. The second-order valence-electron chi connectivity index (χ2n) is 7.42. The lowest BCUT2D eigenvalue weighted by molar-refractivity contribution is 0.477. The Morgan fingerprint density at radius 2 is 1.90 bits per heavy atom. The first-order chi connectivity index (χ1) is 14.4. The second kappa shape index (κ2) is 7.62. The van der Waals surface area contributed by atoms with Crippen molar-refractivity contribution in [1.82, 2.24) is 15.2 Å². The number of rotatable bonds is 4. The molecule has 0 saturated carbocycles. The van der Waals surface area contributed by atoms with Gasteiger partial charge < -0.3 is 10.4 Å². The van der Waals surface area contributed by atoms with Crippen molar-refractivity contribution >= 4 is 33.9 Å². The Bertz CT molecular complexity index is 1300. The zero-order valence-electron chi connectivity index (χ0n) is 16.4. The number of phenols is 1. The van der Waals surface area contributed by atoms with Gasteiger partial charge in [0.05, 0.1) is 11.5 Å². The molecule has 2 heterocycles. The number of nitrogens with zero attached hydrogens (tertiary/aromatic N) is 4. The minimum absolute atomic E-state index is 0.0297. The molecule has 2 N–H and O–H groups in total. The third-order valence-corrected chi connectivity index (χ3v) is 5.16. The van der Waals surface area contributed by atoms with Crippen LogP contribution in [0.25, 0.3) is 22.0 Å². The van der Waals surface area contributed by atoms with Crippen molar-refractivity contribution in [3.63, 3.8) is 0 Å². The lowest BCUT2D eigenvalue weighted by Gasteiger charge is -2.17. The van der Waals surface area contributed by atoms with E-state index in [-0.39, 0.29) is 5.75 Å². The quantitative estimate of drug-likeness (QED) is 0.450. The fourth-order valence-electron chi connectivity index (χ4n) is 3.18. The van der Waals surface area contributed by atoms with Gasteiger partial charge in [0.1, 0.15) is 11.4 Å². The molecule has 30 heavy (non-hydrogen) atoms. The number of fused-ring (bicyclic) bond motifs is 1. The van der Waals surface area contributed by atoms with Crippen LogP contribution in [-0.2, 0) is 5.41 Å². The Kier molecular flexibility index (Phi) is 4.98. The van der Waals surface area contributed by atoms with Gasteiger partial charge in [-0.1, -0.05) is 23.7 Å². The number of nitrogens with one attached hydrogen (secondary N) is 1. The van der Waals surface area contributed by atoms with E-state index in [1.54, 1.807) is 24.5 Å². The van der Waals surface area contributed by atoms with Gasteiger partial charge in [-0.05, 0) is 55.8 Å². The first-order valence-corrected chi connectivity index (χ1v) is 9.65. The molecule has 0 aliphatic rings. The highest BCUT2D eigenvalue weighted by atomic mass is 35.5. The lowest BCUT2D eigenvalue weighted by Crippen LogP contribution is -2.13. The average molecular weight is 416 g/mol. The van der Waals surface area contributed by atoms with Crippen molar-refractivity contribution in [2.75, 3.05) is 5.32 Å². The summed E-state index contributed by atoms with van der Waals surface area (Å²) in [6.45, 7) is 3.75. The molecule has 4 aromatic rings. The Labute approximate surface area is 178 Å². The number of halogens is 1. The molecule has 0 aliphatic heterocycles. The van der Waals surface area contributed by atoms with Crippen molar-refractivity contribution < 1.29 is 5.11 Å². The number of aromatic hydroxyl groups is 1. The fraction of sp³-hybridized carbons (Fsp3) is 0.130. The molecule has 2 aromatic heterocycles. The van der Waals surface area contributed by atoms with E-state index in [0.717, 1.165) is 22.0 Å². The van der Waals surface area contributed by atoms with E-state index in [9.17, 15) is 10.4 Å². The molecule has 0 aliphatic carbocycles. The maximum atomic E-state index is 10.3. The summed E-state index contributed by atoms with van der Waals surface area (Å²) in [6.07, 6.45) is 3.37. The molecule has 7 heteroatoms. The van der Waals surface area contributed by atoms with Crippen molar-refractivity contribution in [3.05, 3.63) is 71.5 Å². The summed E-state index contributed by atoms with van der Waals surface area (Å²) in [5.74, 6) is 0.560. The van der Waals surface area contributed by atoms with E-state index in [1.165, 1.54) is 6.07 Å². The molecule has 0 spiro atoms. The number of nitriles is 1. The normalized spacial score (nSPS) is 11.3. The zero-order valence-corrected chi connectivity index (χ0v) is 17.1. The van der Waals surface area contributed by atoms with E-state index < -0.39 is 5.41 Å². The molecule has 0 atom stereocenters. The van der Waals surface area contributed by atoms with Crippen molar-refractivity contribution in [1.29, 1.82) is 5.26 Å². The molecular weight excluding hydrogens is 398 g/mol. The van der Waals surface area contributed by atoms with Gasteiger partial charge in [-0.15, -0.1) is 10.2 Å². The molecule has 2 aromatic carbocycles. The first kappa shape index (κ1) is 19.6. The first-order valence-electron chi connectivity index (χ1n) is 9.27. The molecule has 0 saturated heterocycles. The predicted octanol–water partition coefficient (Wildman–Crippen LogP) is 5.60. The van der Waals surface area contributed by atoms with E-state index in [4.69, 9.17) is 11.6 Å². The van der Waals surface area contributed by atoms with Crippen LogP contribution in [0.4, 0.5) is 11.5 Å². The van der Waals surface area contributed by atoms with E-state index in [2.05, 4.69) is 26.6 Å². The molecular formula is C23H18ClN5O. The van der Waals surface area contributed by atoms with Crippen LogP contribution >= 0.6 is 11.6 Å². The van der Waals surface area contributed by atoms with Crippen LogP contribution < -0.4 is 5.32 Å². The Hall–Kier alpha value is -3.69. The Morgan fingerprint density at radius 3 is 2.67 bits per heavy atom. The van der Waals surface area contributed by atoms with Crippen LogP contribution in [0, 0.1) is 11.3 Å². The minimum atomic E-state index is -0.608. The summed E-state index contributed by atoms with van der Waals surface area (Å²) in [4.78, 5) is 4.22. The number of hydrogen-bond donors (Lipinski definition) is 2. The zero-order chi connectivity index (χ0) is 21.3. The van der Waals surface area contributed by atoms with Crippen LogP contribution in [0.1, 0.15) is 19.4 Å². The highest BCUT2D eigenvalue weighted by molar-refractivity contribution is 6.30. The molecule has 0 amide bonds. The number of anilines is 2. The van der Waals surface area contributed by atoms with Gasteiger partial charge >= 0.3 is 0 Å². The minimum Gasteiger partial charge on any atom is -0.507 e. The third kappa shape index (κ3) is 3.63. The van der Waals surface area contributed by atoms with Crippen LogP contribution in [0.3, 0.4) is 0 Å². The van der Waals surface area contributed by atoms with E-state index in [1.807, 2.05) is 44.2 Å². The SMILES string of the molecule is CC(C)(C#N)c1cccc(Nc2nnc(-c3ccc(Cl)cc3O)c3ccncc23)c1. The summed E-state index contributed by atoms with van der Waals surface area (Å²) in [5.41, 5.74) is 2.15. The fourth-order valence-corrected chi connectivity index (χ4v) is 3.35. The number of hydrogen-bond acceptors (Lipinski definition) is 6. The van der Waals surface area contributed by atoms with Crippen LogP contribution in [-0.4, -0.2) is 20.3 Å². The Morgan fingerprint density at radius 1 is 1.07 bits per heavy atom. The van der Waals surface area contributed by atoms with Gasteiger partial charge in [-0.2, -0.15) is 5.26 Å². The molecule has 148 valence electrons. The number of pyridine rings is 1. The topological polar surface area (TPSA) is 94.7 Å². The lowest BCUT2D eigenvalue weighted by atomic mass is 9.86. The van der Waals surface area contributed by atoms with E-state index in [0.29, 0.717) is 22.1 Å². The highest BCUT2D eigenvalue weighted by Gasteiger charge is 2.20. The number of benzene rings is 2. The molecule has 0 fully saturated rings. The predicted molar refractivity (Wildman–Crippen MR) is 118 cm³/mol. The molecule has 0 bridgehead atoms. The summed E-state index contributed by atoms with van der Waals surface area (Å²) in [6, 6.07) is 16.7. The van der Waals surface area contributed by atoms with Crippen LogP contribution in [0.5, 0.6) is 5.75 Å². The van der Waals surface area contributed by atoms with Crippen molar-refractivity contribution in [2.24, 2.45) is 0 Å². The number of phenolic OH excluding ortho intramolecular Hbond substituents is 1. The largest absolute Gasteiger partial charge is 0.507 e. The summed E-state index contributed by atoms with van der Waals surface area (Å²) >= 11 is 5.96. The highest BCUT2D eigenvalue weighted by Crippen LogP contribution is 2.36. The third-order valence-electron chi connectivity index (χ3n) is 4.92. The van der Waals surface area contributed by atoms with Gasteiger partial charge in [0.2, 0.25) is 0 Å². The Balaban J connectivity index is 1.80. The summed E-state index contributed by atoms with van der Waals surface area (Å²) in [7, 11) is 0. The monoisotopic (exact) mass is 415 g/mol. The van der Waals surface area contributed by atoms with Crippen molar-refractivity contribution in [2.45, 2.75) is 19.3 Å². The molecule has 4 rings (SSSR count). The van der Waals surface area contributed by atoms with Gasteiger partial charge in [0.15, 0.2) is 5.82 Å². The average Bonchev–Trinajstić information content (AvgIpc) is 2.75. The van der Waals surface area contributed by atoms with Gasteiger partial charge in [-0.25, -0.2) is 0 Å². The van der Waals surface area contributed by atoms with E-state index >= 15 is 0 Å². The molecule has 6 nitrogen and oxygen atoms in total. The second-order valence-corrected chi connectivity index (χ2v) is 7.86. The summed E-state index contributed by atoms with van der Waals surface area (Å²) in [5, 5.41) is 33.7. The maximum Gasteiger partial charge on any atom is 0.162 e. The smallest absolute Gasteiger partial charge is 0.162 e. The molecule has 0 unspecified atom stereocenters. The van der Waals surface area contributed by atoms with Crippen LogP contribution in [0.15, 0.2) is 60.9 Å². The standard InChI is InChI=1S/C23H18ClN5O/c1-23(2,13-25)14-4-3-5-16(10-14)27-22-19-12-26-9-8-17(19)21(28-29-22)18-7-6-15(24)11-20(18)30/h3-12,30H,1-2H3,(H,27,29). The van der Waals surface area contributed by atoms with Crippen LogP contribution in [0.2, 0.25) is 5.02 Å². The van der Waals surface area contributed by atoms with Crippen molar-refractivity contribution in [3.8, 4) is 23.1 Å². The molecule has 0 radical (unpaired) electrons. The maximum absolute atomic E-state index is 10.3. The van der Waals surface area contributed by atoms with Gasteiger partial charge in [0.25, 0.3) is 0 Å². The summed E-state index contributed by atoms with van der Waals surface area (Å²) < 4.78 is 0.